The lowest BCUT2D eigenvalue weighted by atomic mass is 10.1. The Labute approximate surface area is 216 Å². The lowest BCUT2D eigenvalue weighted by molar-refractivity contribution is -0.140. The number of anilines is 1. The highest BCUT2D eigenvalue weighted by atomic mass is 19.2. The number of nitrogens with zero attached hydrogens (tertiary/aromatic N) is 2. The molecule has 38 heavy (non-hydrogen) atoms. The molecule has 2 amide bonds. The van der Waals surface area contributed by atoms with E-state index in [0.717, 1.165) is 11.1 Å². The Bertz CT molecular complexity index is 1310. The van der Waals surface area contributed by atoms with E-state index in [1.165, 1.54) is 50.6 Å². The van der Waals surface area contributed by atoms with Crippen molar-refractivity contribution in [2.45, 2.75) is 38.8 Å². The highest BCUT2D eigenvalue weighted by Gasteiger charge is 2.24. The van der Waals surface area contributed by atoms with Crippen LogP contribution in [0.25, 0.3) is 10.8 Å². The number of benzene rings is 2. The second-order valence-corrected chi connectivity index (χ2v) is 8.34. The second kappa shape index (κ2) is 13.4. The molecule has 0 aliphatic heterocycles. The van der Waals surface area contributed by atoms with E-state index in [1.807, 2.05) is 0 Å². The van der Waals surface area contributed by atoms with Gasteiger partial charge in [0.1, 0.15) is 18.2 Å². The Hall–Kier alpha value is -4.19. The van der Waals surface area contributed by atoms with E-state index in [9.17, 15) is 27.6 Å². The fourth-order valence-corrected chi connectivity index (χ4v) is 3.72. The number of rotatable bonds is 11. The quantitative estimate of drug-likeness (QED) is 0.277. The smallest absolute Gasteiger partial charge is 0.412 e. The molecule has 3 rings (SSSR count). The van der Waals surface area contributed by atoms with Gasteiger partial charge in [-0.15, -0.1) is 0 Å². The largest absolute Gasteiger partial charge is 0.469 e. The first-order valence-electron chi connectivity index (χ1n) is 11.7. The van der Waals surface area contributed by atoms with E-state index < -0.39 is 41.5 Å². The molecule has 2 aromatic carbocycles. The number of fused-ring (bicyclic) bond motifs is 1. The van der Waals surface area contributed by atoms with Crippen LogP contribution < -0.4 is 10.7 Å². The zero-order valence-corrected chi connectivity index (χ0v) is 20.8. The molecule has 1 atom stereocenters. The van der Waals surface area contributed by atoms with E-state index in [2.05, 4.69) is 20.5 Å². The number of hydrogen-bond acceptors (Lipinski definition) is 7. The first kappa shape index (κ1) is 28.4. The van der Waals surface area contributed by atoms with Crippen LogP contribution in [-0.2, 0) is 25.6 Å². The van der Waals surface area contributed by atoms with E-state index >= 15 is 0 Å². The number of methoxy groups -OCH3 is 1. The monoisotopic (exact) mass is 532 g/mol. The van der Waals surface area contributed by atoms with Gasteiger partial charge in [-0.3, -0.25) is 19.9 Å². The summed E-state index contributed by atoms with van der Waals surface area (Å²) in [6.45, 7) is 0.730. The average molecular weight is 533 g/mol. The van der Waals surface area contributed by atoms with Crippen molar-refractivity contribution in [3.05, 3.63) is 71.7 Å². The SMILES string of the molecule is COC(=O)CCC[C@@H](COC(=O)Nc1cc2cc(F)ccc2cn1)N(NCc1cccc(F)c1F)C(C)=O. The van der Waals surface area contributed by atoms with Crippen molar-refractivity contribution in [1.29, 1.82) is 0 Å². The summed E-state index contributed by atoms with van der Waals surface area (Å²) in [6.07, 6.45) is 1.15. The minimum absolute atomic E-state index is 0.0120. The van der Waals surface area contributed by atoms with Gasteiger partial charge in [0.25, 0.3) is 0 Å². The molecular weight excluding hydrogens is 505 g/mol. The molecule has 0 radical (unpaired) electrons. The predicted molar refractivity (Wildman–Crippen MR) is 132 cm³/mol. The molecule has 0 aliphatic carbocycles. The van der Waals surface area contributed by atoms with Gasteiger partial charge in [0.15, 0.2) is 11.6 Å². The maximum Gasteiger partial charge on any atom is 0.412 e. The van der Waals surface area contributed by atoms with E-state index in [1.54, 1.807) is 6.07 Å². The molecule has 1 aromatic heterocycles. The number of pyridine rings is 1. The minimum Gasteiger partial charge on any atom is -0.469 e. The van der Waals surface area contributed by atoms with E-state index in [4.69, 9.17) is 4.74 Å². The van der Waals surface area contributed by atoms with Crippen LogP contribution in [0.15, 0.2) is 48.7 Å². The average Bonchev–Trinajstić information content (AvgIpc) is 2.88. The third-order valence-electron chi connectivity index (χ3n) is 5.64. The summed E-state index contributed by atoms with van der Waals surface area (Å²) in [5.41, 5.74) is 2.74. The van der Waals surface area contributed by atoms with Crippen molar-refractivity contribution < 1.29 is 37.0 Å². The van der Waals surface area contributed by atoms with E-state index in [-0.39, 0.29) is 37.4 Å². The number of esters is 1. The van der Waals surface area contributed by atoms with Gasteiger partial charge in [-0.05, 0) is 48.6 Å². The molecule has 9 nitrogen and oxygen atoms in total. The number of aromatic nitrogens is 1. The van der Waals surface area contributed by atoms with Gasteiger partial charge in [-0.1, -0.05) is 12.1 Å². The number of halogens is 3. The van der Waals surface area contributed by atoms with Crippen LogP contribution in [-0.4, -0.2) is 47.7 Å². The highest BCUT2D eigenvalue weighted by molar-refractivity contribution is 5.89. The second-order valence-electron chi connectivity index (χ2n) is 8.34. The Morgan fingerprint density at radius 2 is 1.87 bits per heavy atom. The van der Waals surface area contributed by atoms with E-state index in [0.29, 0.717) is 17.2 Å². The van der Waals surface area contributed by atoms with Crippen LogP contribution in [0.3, 0.4) is 0 Å². The molecule has 0 bridgehead atoms. The highest BCUT2D eigenvalue weighted by Crippen LogP contribution is 2.18. The normalized spacial score (nSPS) is 11.6. The summed E-state index contributed by atoms with van der Waals surface area (Å²) in [4.78, 5) is 40.5. The third-order valence-corrected chi connectivity index (χ3v) is 5.64. The maximum absolute atomic E-state index is 14.1. The van der Waals surface area contributed by atoms with Crippen LogP contribution in [0.1, 0.15) is 31.7 Å². The first-order chi connectivity index (χ1) is 18.2. The summed E-state index contributed by atoms with van der Waals surface area (Å²) in [6, 6.07) is 8.53. The van der Waals surface area contributed by atoms with Gasteiger partial charge in [-0.2, -0.15) is 0 Å². The van der Waals surface area contributed by atoms with Crippen LogP contribution >= 0.6 is 0 Å². The fraction of sp³-hybridized carbons (Fsp3) is 0.308. The van der Waals surface area contributed by atoms with Crippen molar-refractivity contribution in [2.24, 2.45) is 0 Å². The fourth-order valence-electron chi connectivity index (χ4n) is 3.72. The van der Waals surface area contributed by atoms with Crippen LogP contribution in [0.5, 0.6) is 0 Å². The lowest BCUT2D eigenvalue weighted by Gasteiger charge is -2.31. The Kier molecular flexibility index (Phi) is 9.99. The number of amides is 2. The maximum atomic E-state index is 14.1. The van der Waals surface area contributed by atoms with Crippen molar-refractivity contribution in [1.82, 2.24) is 15.4 Å². The van der Waals surface area contributed by atoms with Gasteiger partial charge in [0, 0.05) is 37.0 Å². The predicted octanol–water partition coefficient (Wildman–Crippen LogP) is 4.47. The molecule has 12 heteroatoms. The van der Waals surface area contributed by atoms with Crippen LogP contribution in [0.4, 0.5) is 23.8 Å². The van der Waals surface area contributed by atoms with Gasteiger partial charge in [0.2, 0.25) is 5.91 Å². The lowest BCUT2D eigenvalue weighted by Crippen LogP contribution is -2.50. The Morgan fingerprint density at radius 1 is 1.08 bits per heavy atom. The first-order valence-corrected chi connectivity index (χ1v) is 11.7. The molecular formula is C26H27F3N4O5. The molecule has 0 spiro atoms. The van der Waals surface area contributed by atoms with Gasteiger partial charge in [0.05, 0.1) is 13.2 Å². The Balaban J connectivity index is 1.68. The molecule has 0 saturated carbocycles. The number of carbonyl (C=O) groups is 3. The molecule has 3 aromatic rings. The zero-order chi connectivity index (χ0) is 27.7. The number of hydrazine groups is 1. The number of hydrogen-bond donors (Lipinski definition) is 2. The molecule has 2 N–H and O–H groups in total. The third kappa shape index (κ3) is 7.90. The van der Waals surface area contributed by atoms with Crippen molar-refractivity contribution in [3.63, 3.8) is 0 Å². The minimum atomic E-state index is -1.05. The topological polar surface area (TPSA) is 110 Å². The number of carbonyl (C=O) groups excluding carboxylic acids is 3. The van der Waals surface area contributed by atoms with Crippen LogP contribution in [0.2, 0.25) is 0 Å². The molecule has 0 aliphatic rings. The summed E-state index contributed by atoms with van der Waals surface area (Å²) < 4.78 is 51.1. The van der Waals surface area contributed by atoms with Gasteiger partial charge < -0.3 is 9.47 Å². The number of nitrogens with one attached hydrogen (secondary N) is 2. The summed E-state index contributed by atoms with van der Waals surface area (Å²) in [5, 5.41) is 4.79. The van der Waals surface area contributed by atoms with Gasteiger partial charge >= 0.3 is 12.1 Å². The van der Waals surface area contributed by atoms with Crippen molar-refractivity contribution >= 4 is 34.6 Å². The summed E-state index contributed by atoms with van der Waals surface area (Å²) in [5.74, 6) is -3.33. The molecule has 0 fully saturated rings. The molecule has 0 unspecified atom stereocenters. The Morgan fingerprint density at radius 3 is 2.61 bits per heavy atom. The molecule has 0 saturated heterocycles. The summed E-state index contributed by atoms with van der Waals surface area (Å²) >= 11 is 0. The van der Waals surface area contributed by atoms with Crippen molar-refractivity contribution in [2.75, 3.05) is 19.0 Å². The molecule has 202 valence electrons. The molecule has 1 heterocycles. The zero-order valence-electron chi connectivity index (χ0n) is 20.8. The summed E-state index contributed by atoms with van der Waals surface area (Å²) in [7, 11) is 1.25. The standard InChI is InChI=1S/C26H27F3N4O5/c1-16(34)33(31-14-18-5-3-7-22(28)25(18)29)21(6-4-8-24(35)37-2)15-38-26(36)32-23-12-19-11-20(27)10-9-17(19)13-30-23/h3,5,7,9-13,21,31H,4,6,8,14-15H2,1-2H3,(H,30,32,36)/t21-/m0/s1. The van der Waals surface area contributed by atoms with Crippen molar-refractivity contribution in [3.8, 4) is 0 Å². The van der Waals surface area contributed by atoms with Gasteiger partial charge in [-0.25, -0.2) is 28.4 Å². The van der Waals surface area contributed by atoms with Crippen LogP contribution in [0, 0.1) is 17.5 Å². The number of ether oxygens (including phenoxy) is 2.